The summed E-state index contributed by atoms with van der Waals surface area (Å²) in [5.41, 5.74) is 7.28. The first kappa shape index (κ1) is 24.5. The second-order valence-electron chi connectivity index (χ2n) is 9.20. The Bertz CT molecular complexity index is 1660. The molecule has 2 amide bonds. The van der Waals surface area contributed by atoms with E-state index in [1.165, 1.54) is 0 Å². The molecule has 0 spiro atoms. The van der Waals surface area contributed by atoms with E-state index >= 15 is 0 Å². The number of nitrogens with one attached hydrogen (secondary N) is 4. The van der Waals surface area contributed by atoms with E-state index in [0.29, 0.717) is 23.2 Å². The second kappa shape index (κ2) is 10.8. The first-order valence-corrected chi connectivity index (χ1v) is 13.0. The highest BCUT2D eigenvalue weighted by atomic mass is 35.5. The third-order valence-electron chi connectivity index (χ3n) is 6.49. The highest BCUT2D eigenvalue weighted by molar-refractivity contribution is 6.32. The van der Waals surface area contributed by atoms with Crippen molar-refractivity contribution in [3.05, 3.63) is 119 Å². The Balaban J connectivity index is 1.29. The summed E-state index contributed by atoms with van der Waals surface area (Å²) in [6.45, 7) is 0. The maximum atomic E-state index is 13.2. The number of fused-ring (bicyclic) bond motifs is 6. The lowest BCUT2D eigenvalue weighted by Crippen LogP contribution is -2.21. The molecule has 5 aromatic rings. The summed E-state index contributed by atoms with van der Waals surface area (Å²) in [5.74, 6) is 0.941. The maximum absolute atomic E-state index is 13.2. The number of para-hydroxylation sites is 1. The number of carbonyl (C=O) groups excluding carboxylic acids is 1. The molecule has 0 aliphatic carbocycles. The molecule has 4 N–H and O–H groups in total. The van der Waals surface area contributed by atoms with Crippen LogP contribution in [-0.2, 0) is 12.8 Å². The van der Waals surface area contributed by atoms with Crippen LogP contribution in [0.3, 0.4) is 0 Å². The summed E-state index contributed by atoms with van der Waals surface area (Å²) in [6.07, 6.45) is 3.06. The topological polar surface area (TPSA) is 91.0 Å². The van der Waals surface area contributed by atoms with E-state index in [0.717, 1.165) is 51.4 Å². The summed E-state index contributed by atoms with van der Waals surface area (Å²) in [6, 6.07) is 31.4. The lowest BCUT2D eigenvalue weighted by molar-refractivity contribution is 0.262. The van der Waals surface area contributed by atoms with Gasteiger partial charge in [-0.3, -0.25) is 0 Å². The number of hydrogen-bond donors (Lipinski definition) is 4. The van der Waals surface area contributed by atoms with Crippen molar-refractivity contribution in [1.29, 1.82) is 0 Å². The van der Waals surface area contributed by atoms with Crippen LogP contribution in [-0.4, -0.2) is 16.0 Å². The van der Waals surface area contributed by atoms with Crippen molar-refractivity contribution >= 4 is 52.1 Å². The summed E-state index contributed by atoms with van der Waals surface area (Å²) >= 11 is 6.39. The molecule has 0 unspecified atom stereocenters. The molecule has 0 atom stereocenters. The van der Waals surface area contributed by atoms with Gasteiger partial charge < -0.3 is 21.3 Å². The van der Waals surface area contributed by atoms with E-state index < -0.39 is 0 Å². The smallest absolute Gasteiger partial charge is 0.323 e. The monoisotopic (exact) mass is 532 g/mol. The minimum Gasteiger partial charge on any atom is -0.339 e. The molecular weight excluding hydrogens is 508 g/mol. The fourth-order valence-corrected chi connectivity index (χ4v) is 4.74. The van der Waals surface area contributed by atoms with Gasteiger partial charge in [-0.2, -0.15) is 4.98 Å². The van der Waals surface area contributed by atoms with Crippen molar-refractivity contribution in [1.82, 2.24) is 9.97 Å². The van der Waals surface area contributed by atoms with Crippen LogP contribution in [0.25, 0.3) is 11.1 Å². The zero-order valence-electron chi connectivity index (χ0n) is 20.9. The lowest BCUT2D eigenvalue weighted by atomic mass is 10.0. The molecule has 6 rings (SSSR count). The van der Waals surface area contributed by atoms with E-state index in [9.17, 15) is 4.79 Å². The zero-order valence-corrected chi connectivity index (χ0v) is 21.7. The van der Waals surface area contributed by atoms with Crippen LogP contribution in [0.2, 0.25) is 5.02 Å². The number of nitrogens with zero attached hydrogens (tertiary/aromatic N) is 2. The standard InChI is InChI=1S/C31H25ClN6O/c32-26-19-33-30-35-23-10-6-7-20(17-23)13-14-22-18-24(34-29(26)38-30)15-16-27(22)36-31(39)37-28-12-5-4-11-25(28)21-8-2-1-3-9-21/h1-12,15-19H,13-14H2,(H2,36,37,39)(H2,33,34,35,38). The van der Waals surface area contributed by atoms with Crippen molar-refractivity contribution in [3.63, 3.8) is 0 Å². The van der Waals surface area contributed by atoms with Gasteiger partial charge in [0.1, 0.15) is 5.02 Å². The van der Waals surface area contributed by atoms with E-state index in [1.54, 1.807) is 6.20 Å². The summed E-state index contributed by atoms with van der Waals surface area (Å²) in [7, 11) is 0. The SMILES string of the molecule is O=C(Nc1ccc2cc1CCc1cccc(c1)Nc1ncc(Cl)c(n1)N2)Nc1ccccc1-c1ccccc1. The Hall–Kier alpha value is -4.88. The molecule has 7 nitrogen and oxygen atoms in total. The molecule has 6 bridgehead atoms. The molecule has 1 aliphatic rings. The number of anilines is 6. The van der Waals surface area contributed by atoms with Gasteiger partial charge in [-0.25, -0.2) is 9.78 Å². The molecule has 0 saturated carbocycles. The van der Waals surface area contributed by atoms with Crippen molar-refractivity contribution in [2.75, 3.05) is 21.3 Å². The second-order valence-corrected chi connectivity index (χ2v) is 9.61. The number of amides is 2. The molecule has 39 heavy (non-hydrogen) atoms. The van der Waals surface area contributed by atoms with Crippen LogP contribution in [0.1, 0.15) is 11.1 Å². The molecule has 2 heterocycles. The Kier molecular flexibility index (Phi) is 6.80. The van der Waals surface area contributed by atoms with Crippen LogP contribution < -0.4 is 21.3 Å². The fraction of sp³-hybridized carbons (Fsp3) is 0.0645. The average molecular weight is 533 g/mol. The highest BCUT2D eigenvalue weighted by Crippen LogP contribution is 2.31. The van der Waals surface area contributed by atoms with E-state index in [4.69, 9.17) is 11.6 Å². The number of hydrogen-bond acceptors (Lipinski definition) is 5. The molecule has 192 valence electrons. The molecular formula is C31H25ClN6O. The first-order valence-electron chi connectivity index (χ1n) is 12.6. The highest BCUT2D eigenvalue weighted by Gasteiger charge is 2.14. The Morgan fingerprint density at radius 2 is 1.56 bits per heavy atom. The molecule has 4 aromatic carbocycles. The number of halogens is 1. The Morgan fingerprint density at radius 1 is 0.769 bits per heavy atom. The molecule has 1 aromatic heterocycles. The summed E-state index contributed by atoms with van der Waals surface area (Å²) < 4.78 is 0. The maximum Gasteiger partial charge on any atom is 0.323 e. The van der Waals surface area contributed by atoms with Crippen molar-refractivity contribution in [3.8, 4) is 11.1 Å². The third-order valence-corrected chi connectivity index (χ3v) is 6.76. The zero-order chi connectivity index (χ0) is 26.6. The quantitative estimate of drug-likeness (QED) is 0.189. The molecule has 1 aliphatic heterocycles. The van der Waals surface area contributed by atoms with Crippen LogP contribution in [0, 0.1) is 0 Å². The number of rotatable bonds is 3. The largest absolute Gasteiger partial charge is 0.339 e. The Morgan fingerprint density at radius 3 is 2.46 bits per heavy atom. The van der Waals surface area contributed by atoms with Crippen LogP contribution in [0.15, 0.2) is 103 Å². The van der Waals surface area contributed by atoms with Gasteiger partial charge in [0, 0.05) is 22.6 Å². The van der Waals surface area contributed by atoms with Gasteiger partial charge in [0.25, 0.3) is 0 Å². The minimum atomic E-state index is -0.312. The molecule has 0 radical (unpaired) electrons. The van der Waals surface area contributed by atoms with Gasteiger partial charge in [0.15, 0.2) is 5.82 Å². The number of aryl methyl sites for hydroxylation is 2. The number of carbonyl (C=O) groups is 1. The van der Waals surface area contributed by atoms with E-state index in [2.05, 4.69) is 43.4 Å². The van der Waals surface area contributed by atoms with Gasteiger partial charge in [-0.1, -0.05) is 72.3 Å². The fourth-order valence-electron chi connectivity index (χ4n) is 4.60. The normalized spacial score (nSPS) is 12.0. The van der Waals surface area contributed by atoms with E-state index in [-0.39, 0.29) is 6.03 Å². The molecule has 0 saturated heterocycles. The minimum absolute atomic E-state index is 0.312. The van der Waals surface area contributed by atoms with Gasteiger partial charge in [-0.05, 0) is 65.9 Å². The number of benzene rings is 4. The van der Waals surface area contributed by atoms with Crippen molar-refractivity contribution in [2.24, 2.45) is 0 Å². The number of urea groups is 1. The van der Waals surface area contributed by atoms with Crippen LogP contribution in [0.4, 0.5) is 39.3 Å². The third kappa shape index (κ3) is 5.68. The van der Waals surface area contributed by atoms with Crippen molar-refractivity contribution < 1.29 is 4.79 Å². The number of aromatic nitrogens is 2. The molecule has 8 heteroatoms. The molecule has 0 fully saturated rings. The van der Waals surface area contributed by atoms with Gasteiger partial charge in [0.2, 0.25) is 5.95 Å². The van der Waals surface area contributed by atoms with E-state index in [1.807, 2.05) is 84.9 Å². The van der Waals surface area contributed by atoms with Gasteiger partial charge in [-0.15, -0.1) is 0 Å². The average Bonchev–Trinajstić information content (AvgIpc) is 2.96. The predicted molar refractivity (Wildman–Crippen MR) is 158 cm³/mol. The van der Waals surface area contributed by atoms with Crippen LogP contribution in [0.5, 0.6) is 0 Å². The van der Waals surface area contributed by atoms with Gasteiger partial charge >= 0.3 is 6.03 Å². The summed E-state index contributed by atoms with van der Waals surface area (Å²) in [5, 5.41) is 13.0. The van der Waals surface area contributed by atoms with Crippen molar-refractivity contribution in [2.45, 2.75) is 12.8 Å². The summed E-state index contributed by atoms with van der Waals surface area (Å²) in [4.78, 5) is 22.0. The predicted octanol–water partition coefficient (Wildman–Crippen LogP) is 8.03. The lowest BCUT2D eigenvalue weighted by Gasteiger charge is -2.16. The van der Waals surface area contributed by atoms with Gasteiger partial charge in [0.05, 0.1) is 11.9 Å². The Labute approximate surface area is 231 Å². The first-order chi connectivity index (χ1) is 19.1. The van der Waals surface area contributed by atoms with Crippen LogP contribution >= 0.6 is 11.6 Å².